The first-order chi connectivity index (χ1) is 8.99. The molecule has 1 aromatic carbocycles. The molecular formula is C13H12ClN3O2. The molecule has 0 amide bonds. The lowest BCUT2D eigenvalue weighted by molar-refractivity contribution is 0.0696. The van der Waals surface area contributed by atoms with Gasteiger partial charge in [-0.15, -0.1) is 0 Å². The Morgan fingerprint density at radius 1 is 1.47 bits per heavy atom. The third kappa shape index (κ3) is 2.77. The van der Waals surface area contributed by atoms with Crippen molar-refractivity contribution in [3.8, 4) is 0 Å². The van der Waals surface area contributed by atoms with Crippen molar-refractivity contribution in [1.82, 2.24) is 4.98 Å². The van der Waals surface area contributed by atoms with Gasteiger partial charge in [-0.05, 0) is 24.6 Å². The highest BCUT2D eigenvalue weighted by Crippen LogP contribution is 2.30. The second kappa shape index (κ2) is 5.16. The van der Waals surface area contributed by atoms with Gasteiger partial charge >= 0.3 is 5.97 Å². The molecule has 0 bridgehead atoms. The van der Waals surface area contributed by atoms with E-state index in [9.17, 15) is 4.79 Å². The summed E-state index contributed by atoms with van der Waals surface area (Å²) in [7, 11) is 0. The zero-order chi connectivity index (χ0) is 14.0. The van der Waals surface area contributed by atoms with Gasteiger partial charge in [0.15, 0.2) is 5.82 Å². The summed E-state index contributed by atoms with van der Waals surface area (Å²) in [6.45, 7) is 1.90. The lowest BCUT2D eigenvalue weighted by Crippen LogP contribution is -2.04. The van der Waals surface area contributed by atoms with Crippen LogP contribution in [0.3, 0.4) is 0 Å². The van der Waals surface area contributed by atoms with Gasteiger partial charge in [-0.2, -0.15) is 0 Å². The quantitative estimate of drug-likeness (QED) is 0.802. The van der Waals surface area contributed by atoms with Gasteiger partial charge in [0.1, 0.15) is 0 Å². The highest BCUT2D eigenvalue weighted by atomic mass is 35.5. The van der Waals surface area contributed by atoms with E-state index < -0.39 is 5.97 Å². The van der Waals surface area contributed by atoms with Gasteiger partial charge < -0.3 is 16.2 Å². The number of aromatic carboxylic acids is 1. The summed E-state index contributed by atoms with van der Waals surface area (Å²) in [6, 6.07) is 6.84. The van der Waals surface area contributed by atoms with E-state index in [1.165, 1.54) is 12.3 Å². The Balaban J connectivity index is 2.36. The molecule has 0 unspecified atom stereocenters. The molecule has 2 rings (SSSR count). The Bertz CT molecular complexity index is 624. The van der Waals surface area contributed by atoms with Crippen LogP contribution in [0, 0.1) is 6.92 Å². The molecule has 0 fully saturated rings. The molecule has 6 heteroatoms. The van der Waals surface area contributed by atoms with E-state index in [0.717, 1.165) is 5.56 Å². The largest absolute Gasteiger partial charge is 0.478 e. The number of carboxylic acid groups (broad SMARTS) is 1. The van der Waals surface area contributed by atoms with Crippen molar-refractivity contribution < 1.29 is 9.90 Å². The fraction of sp³-hybridized carbons (Fsp3) is 0.0769. The molecule has 0 aliphatic heterocycles. The lowest BCUT2D eigenvalue weighted by atomic mass is 10.2. The van der Waals surface area contributed by atoms with E-state index in [-0.39, 0.29) is 11.3 Å². The maximum absolute atomic E-state index is 10.8. The molecule has 5 nitrogen and oxygen atoms in total. The molecule has 1 heterocycles. The van der Waals surface area contributed by atoms with Crippen LogP contribution in [0.5, 0.6) is 0 Å². The van der Waals surface area contributed by atoms with E-state index in [4.69, 9.17) is 22.4 Å². The standard InChI is InChI=1S/C13H12ClN3O2/c1-7-3-2-4-9(14)11(7)17-12-10(15)5-8(6-16-12)13(18)19/h2-6H,15H2,1H3,(H,16,17)(H,18,19). The topological polar surface area (TPSA) is 88.2 Å². The number of benzene rings is 1. The van der Waals surface area contributed by atoms with Crippen LogP contribution < -0.4 is 11.1 Å². The molecule has 0 saturated carbocycles. The Labute approximate surface area is 115 Å². The molecule has 4 N–H and O–H groups in total. The van der Waals surface area contributed by atoms with Gasteiger partial charge in [0.25, 0.3) is 0 Å². The number of pyridine rings is 1. The number of rotatable bonds is 3. The Morgan fingerprint density at radius 3 is 2.79 bits per heavy atom. The average Bonchev–Trinajstić information content (AvgIpc) is 2.35. The van der Waals surface area contributed by atoms with E-state index in [1.807, 2.05) is 19.1 Å². The molecule has 0 aliphatic rings. The Kier molecular flexibility index (Phi) is 3.57. The summed E-state index contributed by atoms with van der Waals surface area (Å²) in [5.74, 6) is -0.694. The number of nitrogen functional groups attached to an aromatic ring is 1. The maximum atomic E-state index is 10.8. The van der Waals surface area contributed by atoms with E-state index in [2.05, 4.69) is 10.3 Å². The number of anilines is 3. The highest BCUT2D eigenvalue weighted by molar-refractivity contribution is 6.33. The Hall–Kier alpha value is -2.27. The number of hydrogen-bond acceptors (Lipinski definition) is 4. The lowest BCUT2D eigenvalue weighted by Gasteiger charge is -2.12. The minimum absolute atomic E-state index is 0.0407. The van der Waals surface area contributed by atoms with Crippen molar-refractivity contribution in [3.05, 3.63) is 46.6 Å². The molecule has 0 atom stereocenters. The first kappa shape index (κ1) is 13.2. The van der Waals surface area contributed by atoms with Crippen molar-refractivity contribution in [2.75, 3.05) is 11.1 Å². The highest BCUT2D eigenvalue weighted by Gasteiger charge is 2.10. The number of carboxylic acids is 1. The smallest absolute Gasteiger partial charge is 0.337 e. The van der Waals surface area contributed by atoms with Crippen molar-refractivity contribution >= 4 is 34.8 Å². The number of hydrogen-bond donors (Lipinski definition) is 3. The van der Waals surface area contributed by atoms with Crippen LogP contribution >= 0.6 is 11.6 Å². The number of para-hydroxylation sites is 1. The molecule has 0 aliphatic carbocycles. The fourth-order valence-electron chi connectivity index (χ4n) is 1.61. The van der Waals surface area contributed by atoms with Gasteiger partial charge in [-0.25, -0.2) is 9.78 Å². The number of nitrogens with one attached hydrogen (secondary N) is 1. The van der Waals surface area contributed by atoms with Crippen LogP contribution in [0.1, 0.15) is 15.9 Å². The van der Waals surface area contributed by atoms with Crippen LogP contribution in [0.25, 0.3) is 0 Å². The number of aromatic nitrogens is 1. The first-order valence-electron chi connectivity index (χ1n) is 5.50. The third-order valence-electron chi connectivity index (χ3n) is 2.63. The Morgan fingerprint density at radius 2 is 2.21 bits per heavy atom. The third-order valence-corrected chi connectivity index (χ3v) is 2.94. The maximum Gasteiger partial charge on any atom is 0.337 e. The number of aryl methyl sites for hydroxylation is 1. The van der Waals surface area contributed by atoms with Crippen LogP contribution in [0.15, 0.2) is 30.5 Å². The number of nitrogens with two attached hydrogens (primary N) is 1. The average molecular weight is 278 g/mol. The van der Waals surface area contributed by atoms with Crippen LogP contribution in [0.2, 0.25) is 5.02 Å². The monoisotopic (exact) mass is 277 g/mol. The van der Waals surface area contributed by atoms with Crippen LogP contribution in [0.4, 0.5) is 17.2 Å². The fourth-order valence-corrected chi connectivity index (χ4v) is 1.88. The minimum Gasteiger partial charge on any atom is -0.478 e. The number of halogens is 1. The van der Waals surface area contributed by atoms with Crippen LogP contribution in [-0.4, -0.2) is 16.1 Å². The minimum atomic E-state index is -1.07. The summed E-state index contributed by atoms with van der Waals surface area (Å²) in [4.78, 5) is 14.8. The molecular weight excluding hydrogens is 266 g/mol. The zero-order valence-electron chi connectivity index (χ0n) is 10.1. The molecule has 98 valence electrons. The van der Waals surface area contributed by atoms with Gasteiger partial charge in [0.2, 0.25) is 0 Å². The zero-order valence-corrected chi connectivity index (χ0v) is 10.9. The van der Waals surface area contributed by atoms with Gasteiger partial charge in [-0.1, -0.05) is 23.7 Å². The summed E-state index contributed by atoms with van der Waals surface area (Å²) in [5.41, 5.74) is 7.71. The molecule has 2 aromatic rings. The molecule has 1 aromatic heterocycles. The SMILES string of the molecule is Cc1cccc(Cl)c1Nc1ncc(C(=O)O)cc1N. The summed E-state index contributed by atoms with van der Waals surface area (Å²) in [5, 5.41) is 12.4. The van der Waals surface area contributed by atoms with Crippen molar-refractivity contribution in [2.45, 2.75) is 6.92 Å². The second-order valence-electron chi connectivity index (χ2n) is 4.02. The van der Waals surface area contributed by atoms with Gasteiger partial charge in [0, 0.05) is 6.20 Å². The molecule has 0 saturated heterocycles. The predicted octanol–water partition coefficient (Wildman–Crippen LogP) is 3.07. The predicted molar refractivity (Wildman–Crippen MR) is 75.1 cm³/mol. The summed E-state index contributed by atoms with van der Waals surface area (Å²) < 4.78 is 0. The van der Waals surface area contributed by atoms with Crippen molar-refractivity contribution in [3.63, 3.8) is 0 Å². The van der Waals surface area contributed by atoms with Gasteiger partial charge in [0.05, 0.1) is 22.0 Å². The molecule has 0 radical (unpaired) electrons. The summed E-state index contributed by atoms with van der Waals surface area (Å²) >= 11 is 6.09. The number of nitrogens with zero attached hydrogens (tertiary/aromatic N) is 1. The van der Waals surface area contributed by atoms with E-state index in [0.29, 0.717) is 16.5 Å². The summed E-state index contributed by atoms with van der Waals surface area (Å²) in [6.07, 6.45) is 1.24. The second-order valence-corrected chi connectivity index (χ2v) is 4.43. The van der Waals surface area contributed by atoms with E-state index >= 15 is 0 Å². The van der Waals surface area contributed by atoms with Crippen LogP contribution in [-0.2, 0) is 0 Å². The van der Waals surface area contributed by atoms with Crippen molar-refractivity contribution in [1.29, 1.82) is 0 Å². The first-order valence-corrected chi connectivity index (χ1v) is 5.88. The molecule has 19 heavy (non-hydrogen) atoms. The van der Waals surface area contributed by atoms with Gasteiger partial charge in [-0.3, -0.25) is 0 Å². The number of carbonyl (C=O) groups is 1. The molecule has 0 spiro atoms. The van der Waals surface area contributed by atoms with E-state index in [1.54, 1.807) is 6.07 Å². The van der Waals surface area contributed by atoms with Crippen molar-refractivity contribution in [2.24, 2.45) is 0 Å². The normalized spacial score (nSPS) is 10.2.